The summed E-state index contributed by atoms with van der Waals surface area (Å²) in [5.74, 6) is 0.586. The average molecular weight is 289 g/mol. The highest BCUT2D eigenvalue weighted by molar-refractivity contribution is 7.86. The third-order valence-electron chi connectivity index (χ3n) is 4.10. The van der Waals surface area contributed by atoms with Crippen LogP contribution in [0.15, 0.2) is 0 Å². The predicted octanol–water partition coefficient (Wildman–Crippen LogP) is 1.17. The summed E-state index contributed by atoms with van der Waals surface area (Å²) in [4.78, 5) is 0. The van der Waals surface area contributed by atoms with Gasteiger partial charge >= 0.3 is 0 Å². The zero-order valence-electron chi connectivity index (χ0n) is 11.9. The van der Waals surface area contributed by atoms with Crippen molar-refractivity contribution in [3.8, 4) is 0 Å². The Labute approximate surface area is 117 Å². The smallest absolute Gasteiger partial charge is 0.282 e. The molecule has 0 spiro atoms. The van der Waals surface area contributed by atoms with Crippen LogP contribution >= 0.6 is 0 Å². The van der Waals surface area contributed by atoms with Gasteiger partial charge in [0.1, 0.15) is 0 Å². The van der Waals surface area contributed by atoms with Gasteiger partial charge in [0.05, 0.1) is 0 Å². The summed E-state index contributed by atoms with van der Waals surface area (Å²) in [6, 6.07) is -0.00249. The van der Waals surface area contributed by atoms with Crippen molar-refractivity contribution in [2.45, 2.75) is 51.5 Å². The van der Waals surface area contributed by atoms with E-state index in [4.69, 9.17) is 5.73 Å². The lowest BCUT2D eigenvalue weighted by molar-refractivity contribution is 0.233. The van der Waals surface area contributed by atoms with Gasteiger partial charge in [0.2, 0.25) is 0 Å². The topological polar surface area (TPSA) is 66.6 Å². The number of nitrogens with zero attached hydrogens (tertiary/aromatic N) is 2. The molecule has 0 aromatic rings. The third-order valence-corrected chi connectivity index (χ3v) is 6.16. The Morgan fingerprint density at radius 2 is 2.00 bits per heavy atom. The number of piperidine rings is 1. The molecule has 1 saturated carbocycles. The molecule has 2 N–H and O–H groups in total. The highest BCUT2D eigenvalue weighted by Crippen LogP contribution is 2.32. The van der Waals surface area contributed by atoms with E-state index in [1.165, 1.54) is 12.8 Å². The zero-order valence-corrected chi connectivity index (χ0v) is 12.7. The number of nitrogens with two attached hydrogens (primary N) is 1. The van der Waals surface area contributed by atoms with Crippen LogP contribution < -0.4 is 5.73 Å². The van der Waals surface area contributed by atoms with Crippen molar-refractivity contribution >= 4 is 10.2 Å². The number of rotatable bonds is 7. The van der Waals surface area contributed by atoms with Crippen LogP contribution in [-0.4, -0.2) is 49.2 Å². The molecule has 6 heteroatoms. The minimum atomic E-state index is -3.32. The lowest BCUT2D eigenvalue weighted by Gasteiger charge is -2.37. The van der Waals surface area contributed by atoms with Gasteiger partial charge in [-0.3, -0.25) is 0 Å². The van der Waals surface area contributed by atoms with Crippen LogP contribution in [-0.2, 0) is 10.2 Å². The molecule has 0 radical (unpaired) electrons. The zero-order chi connectivity index (χ0) is 13.9. The van der Waals surface area contributed by atoms with Crippen LogP contribution in [0.2, 0.25) is 0 Å². The summed E-state index contributed by atoms with van der Waals surface area (Å²) in [7, 11) is -3.32. The van der Waals surface area contributed by atoms with Crippen molar-refractivity contribution in [3.63, 3.8) is 0 Å². The fourth-order valence-electron chi connectivity index (χ4n) is 2.80. The molecule has 1 unspecified atom stereocenters. The molecule has 19 heavy (non-hydrogen) atoms. The maximum Gasteiger partial charge on any atom is 0.282 e. The Hall–Kier alpha value is -0.170. The lowest BCUT2D eigenvalue weighted by Crippen LogP contribution is -2.53. The molecular formula is C13H27N3O2S. The maximum absolute atomic E-state index is 12.8. The van der Waals surface area contributed by atoms with Gasteiger partial charge in [-0.05, 0) is 38.0 Å². The molecule has 2 fully saturated rings. The van der Waals surface area contributed by atoms with Gasteiger partial charge in [0.25, 0.3) is 10.2 Å². The molecule has 0 aromatic carbocycles. The Balaban J connectivity index is 2.11. The van der Waals surface area contributed by atoms with E-state index in [1.54, 1.807) is 8.61 Å². The largest absolute Gasteiger partial charge is 0.329 e. The second-order valence-corrected chi connectivity index (χ2v) is 7.69. The van der Waals surface area contributed by atoms with E-state index in [-0.39, 0.29) is 6.04 Å². The first-order valence-corrected chi connectivity index (χ1v) is 8.96. The fourth-order valence-corrected chi connectivity index (χ4v) is 4.84. The van der Waals surface area contributed by atoms with Crippen LogP contribution in [0.1, 0.15) is 45.4 Å². The SMILES string of the molecule is CCCN(CC1CC1)S(=O)(=O)N1CCCCC1CN. The van der Waals surface area contributed by atoms with Gasteiger partial charge in [-0.2, -0.15) is 17.0 Å². The number of hydrogen-bond donors (Lipinski definition) is 1. The van der Waals surface area contributed by atoms with E-state index >= 15 is 0 Å². The maximum atomic E-state index is 12.8. The molecular weight excluding hydrogens is 262 g/mol. The van der Waals surface area contributed by atoms with Crippen molar-refractivity contribution in [2.24, 2.45) is 11.7 Å². The molecule has 5 nitrogen and oxygen atoms in total. The van der Waals surface area contributed by atoms with Gasteiger partial charge in [-0.25, -0.2) is 0 Å². The molecule has 112 valence electrons. The van der Waals surface area contributed by atoms with Crippen molar-refractivity contribution in [2.75, 3.05) is 26.2 Å². The highest BCUT2D eigenvalue weighted by Gasteiger charge is 2.37. The van der Waals surface area contributed by atoms with E-state index in [0.29, 0.717) is 32.1 Å². The minimum Gasteiger partial charge on any atom is -0.329 e. The van der Waals surface area contributed by atoms with Gasteiger partial charge in [0, 0.05) is 32.2 Å². The summed E-state index contributed by atoms with van der Waals surface area (Å²) >= 11 is 0. The summed E-state index contributed by atoms with van der Waals surface area (Å²) < 4.78 is 29.0. The van der Waals surface area contributed by atoms with Crippen LogP contribution in [0.5, 0.6) is 0 Å². The van der Waals surface area contributed by atoms with Gasteiger partial charge < -0.3 is 5.73 Å². The molecule has 2 rings (SSSR count). The van der Waals surface area contributed by atoms with Crippen LogP contribution in [0.25, 0.3) is 0 Å². The molecule has 1 heterocycles. The molecule has 0 aromatic heterocycles. The highest BCUT2D eigenvalue weighted by atomic mass is 32.2. The summed E-state index contributed by atoms with van der Waals surface area (Å²) in [6.45, 7) is 4.43. The second-order valence-electron chi connectivity index (χ2n) is 5.81. The van der Waals surface area contributed by atoms with E-state index in [9.17, 15) is 8.42 Å². The summed E-state index contributed by atoms with van der Waals surface area (Å²) in [6.07, 6.45) is 6.17. The first kappa shape index (κ1) is 15.2. The van der Waals surface area contributed by atoms with Gasteiger partial charge in [-0.15, -0.1) is 0 Å². The minimum absolute atomic E-state index is 0.00249. The van der Waals surface area contributed by atoms with E-state index in [0.717, 1.165) is 25.7 Å². The van der Waals surface area contributed by atoms with Crippen LogP contribution in [0, 0.1) is 5.92 Å². The molecule has 1 aliphatic carbocycles. The predicted molar refractivity (Wildman–Crippen MR) is 76.9 cm³/mol. The van der Waals surface area contributed by atoms with Crippen molar-refractivity contribution in [1.29, 1.82) is 0 Å². The van der Waals surface area contributed by atoms with E-state index in [1.807, 2.05) is 6.92 Å². The number of hydrogen-bond acceptors (Lipinski definition) is 3. The van der Waals surface area contributed by atoms with E-state index < -0.39 is 10.2 Å². The molecule has 1 aliphatic heterocycles. The van der Waals surface area contributed by atoms with Gasteiger partial charge in [-0.1, -0.05) is 13.3 Å². The second kappa shape index (κ2) is 6.52. The first-order chi connectivity index (χ1) is 9.09. The first-order valence-electron chi connectivity index (χ1n) is 7.56. The monoisotopic (exact) mass is 289 g/mol. The Kier molecular flexibility index (Phi) is 5.22. The molecule has 1 atom stereocenters. The summed E-state index contributed by atoms with van der Waals surface area (Å²) in [5, 5.41) is 0. The summed E-state index contributed by atoms with van der Waals surface area (Å²) in [5.41, 5.74) is 5.75. The van der Waals surface area contributed by atoms with Gasteiger partial charge in [0.15, 0.2) is 0 Å². The Morgan fingerprint density at radius 3 is 2.58 bits per heavy atom. The van der Waals surface area contributed by atoms with Crippen molar-refractivity contribution < 1.29 is 8.42 Å². The van der Waals surface area contributed by atoms with E-state index in [2.05, 4.69) is 0 Å². The fraction of sp³-hybridized carbons (Fsp3) is 1.00. The Morgan fingerprint density at radius 1 is 1.26 bits per heavy atom. The van der Waals surface area contributed by atoms with Crippen LogP contribution in [0.4, 0.5) is 0 Å². The third kappa shape index (κ3) is 3.68. The normalized spacial score (nSPS) is 25.9. The Bertz CT molecular complexity index is 381. The molecule has 0 amide bonds. The average Bonchev–Trinajstić information content (AvgIpc) is 3.22. The molecule has 0 bridgehead atoms. The quantitative estimate of drug-likeness (QED) is 0.765. The lowest BCUT2D eigenvalue weighted by atomic mass is 10.1. The van der Waals surface area contributed by atoms with Crippen molar-refractivity contribution in [1.82, 2.24) is 8.61 Å². The molecule has 1 saturated heterocycles. The standard InChI is InChI=1S/C13H27N3O2S/c1-2-8-15(11-12-6-7-12)19(17,18)16-9-4-3-5-13(16)10-14/h12-13H,2-11,14H2,1H3. The van der Waals surface area contributed by atoms with Crippen molar-refractivity contribution in [3.05, 3.63) is 0 Å². The molecule has 2 aliphatic rings. The van der Waals surface area contributed by atoms with Crippen LogP contribution in [0.3, 0.4) is 0 Å².